The molecule has 0 aromatic carbocycles. The van der Waals surface area contributed by atoms with Gasteiger partial charge in [0.25, 0.3) is 0 Å². The summed E-state index contributed by atoms with van der Waals surface area (Å²) in [6.07, 6.45) is 8.13. The van der Waals surface area contributed by atoms with Gasteiger partial charge in [-0.15, -0.1) is 0 Å². The Morgan fingerprint density at radius 3 is 1.83 bits per heavy atom. The Hall–Kier alpha value is -0.120. The van der Waals surface area contributed by atoms with Crippen molar-refractivity contribution in [3.8, 4) is 0 Å². The van der Waals surface area contributed by atoms with Crippen LogP contribution in [0.5, 0.6) is 0 Å². The van der Waals surface area contributed by atoms with Crippen LogP contribution >= 0.6 is 0 Å². The monoisotopic (exact) mass is 342 g/mol. The van der Waals surface area contributed by atoms with Crippen LogP contribution in [0.25, 0.3) is 0 Å². The molecule has 3 nitrogen and oxygen atoms in total. The molecule has 0 radical (unpaired) electrons. The van der Waals surface area contributed by atoms with Crippen molar-refractivity contribution < 1.29 is 5.11 Å². The first-order valence-corrected chi connectivity index (χ1v) is 10.3. The number of hydrogen-bond acceptors (Lipinski definition) is 3. The molecular weight excluding hydrogens is 296 g/mol. The molecule has 0 saturated heterocycles. The molecule has 3 unspecified atom stereocenters. The molecule has 0 saturated carbocycles. The van der Waals surface area contributed by atoms with Crippen LogP contribution in [0.1, 0.15) is 99.8 Å². The van der Waals surface area contributed by atoms with Crippen LogP contribution in [-0.2, 0) is 0 Å². The first-order chi connectivity index (χ1) is 11.0. The standard InChI is InChI=1S/C21H46N2O/c1-8-10-12-18(7)14-19(24)15-20(16(3)4,13-11-9-2)21(22,23)17(5)6/h16-19,24H,8-15,22-23H2,1-7H3. The molecule has 0 aliphatic rings. The Morgan fingerprint density at radius 1 is 0.875 bits per heavy atom. The highest BCUT2D eigenvalue weighted by Crippen LogP contribution is 2.47. The minimum absolute atomic E-state index is 0.182. The summed E-state index contributed by atoms with van der Waals surface area (Å²) in [5.41, 5.74) is 12.4. The maximum atomic E-state index is 10.8. The van der Waals surface area contributed by atoms with Gasteiger partial charge in [-0.3, -0.25) is 0 Å². The first kappa shape index (κ1) is 23.9. The van der Waals surface area contributed by atoms with Crippen molar-refractivity contribution in [3.05, 3.63) is 0 Å². The van der Waals surface area contributed by atoms with E-state index >= 15 is 0 Å². The Morgan fingerprint density at radius 2 is 1.42 bits per heavy atom. The van der Waals surface area contributed by atoms with Crippen LogP contribution in [0.2, 0.25) is 0 Å². The van der Waals surface area contributed by atoms with Gasteiger partial charge in [0.1, 0.15) is 0 Å². The lowest BCUT2D eigenvalue weighted by Crippen LogP contribution is -2.68. The van der Waals surface area contributed by atoms with E-state index in [0.29, 0.717) is 18.3 Å². The second-order valence-corrected chi connectivity index (χ2v) is 8.84. The Kier molecular flexibility index (Phi) is 10.7. The minimum atomic E-state index is -0.760. The molecule has 0 bridgehead atoms. The van der Waals surface area contributed by atoms with Gasteiger partial charge in [0.05, 0.1) is 11.8 Å². The zero-order valence-corrected chi connectivity index (χ0v) is 17.6. The van der Waals surface area contributed by atoms with E-state index in [2.05, 4.69) is 48.5 Å². The number of aliphatic hydroxyl groups is 1. The second-order valence-electron chi connectivity index (χ2n) is 8.84. The number of unbranched alkanes of at least 4 members (excludes halogenated alkanes) is 2. The molecule has 0 heterocycles. The quantitative estimate of drug-likeness (QED) is 0.410. The molecule has 0 rings (SSSR count). The van der Waals surface area contributed by atoms with Gasteiger partial charge >= 0.3 is 0 Å². The Balaban J connectivity index is 5.31. The number of aliphatic hydroxyl groups excluding tert-OH is 1. The minimum Gasteiger partial charge on any atom is -0.393 e. The third-order valence-electron chi connectivity index (χ3n) is 6.22. The highest BCUT2D eigenvalue weighted by molar-refractivity contribution is 5.03. The first-order valence-electron chi connectivity index (χ1n) is 10.3. The van der Waals surface area contributed by atoms with E-state index in [1.165, 1.54) is 19.3 Å². The van der Waals surface area contributed by atoms with E-state index in [1.807, 2.05) is 0 Å². The summed E-state index contributed by atoms with van der Waals surface area (Å²) in [6.45, 7) is 15.3. The van der Waals surface area contributed by atoms with Crippen LogP contribution in [0.4, 0.5) is 0 Å². The van der Waals surface area contributed by atoms with Crippen molar-refractivity contribution in [3.63, 3.8) is 0 Å². The molecule has 146 valence electrons. The summed E-state index contributed by atoms with van der Waals surface area (Å²) in [5, 5.41) is 10.8. The normalized spacial score (nSPS) is 18.0. The summed E-state index contributed by atoms with van der Waals surface area (Å²) in [7, 11) is 0. The summed E-state index contributed by atoms with van der Waals surface area (Å²) in [4.78, 5) is 0. The highest BCUT2D eigenvalue weighted by Gasteiger charge is 2.50. The molecule has 0 aromatic heterocycles. The van der Waals surface area contributed by atoms with Gasteiger partial charge in [0.15, 0.2) is 0 Å². The van der Waals surface area contributed by atoms with Gasteiger partial charge in [0.2, 0.25) is 0 Å². The molecule has 0 aliphatic heterocycles. The van der Waals surface area contributed by atoms with Crippen LogP contribution in [-0.4, -0.2) is 16.9 Å². The van der Waals surface area contributed by atoms with Crippen molar-refractivity contribution in [2.24, 2.45) is 34.6 Å². The molecule has 24 heavy (non-hydrogen) atoms. The van der Waals surface area contributed by atoms with E-state index < -0.39 is 5.66 Å². The van der Waals surface area contributed by atoms with E-state index in [0.717, 1.165) is 25.7 Å². The summed E-state index contributed by atoms with van der Waals surface area (Å²) < 4.78 is 0. The van der Waals surface area contributed by atoms with Crippen molar-refractivity contribution >= 4 is 0 Å². The van der Waals surface area contributed by atoms with Gasteiger partial charge in [-0.1, -0.05) is 80.6 Å². The van der Waals surface area contributed by atoms with Crippen LogP contribution < -0.4 is 11.5 Å². The second kappa shape index (κ2) is 10.8. The van der Waals surface area contributed by atoms with E-state index in [9.17, 15) is 5.11 Å². The SMILES string of the molecule is CCCCC(C)CC(O)CC(CCCC)(C(C)C)C(N)(N)C(C)C. The molecule has 0 aromatic rings. The predicted octanol–water partition coefficient (Wildman–Crippen LogP) is 5.06. The average Bonchev–Trinajstić information content (AvgIpc) is 2.48. The van der Waals surface area contributed by atoms with Gasteiger partial charge in [-0.2, -0.15) is 0 Å². The Bertz CT molecular complexity index is 328. The van der Waals surface area contributed by atoms with E-state index in [-0.39, 0.29) is 17.4 Å². The van der Waals surface area contributed by atoms with Crippen LogP contribution in [0.15, 0.2) is 0 Å². The van der Waals surface area contributed by atoms with Gasteiger partial charge in [0, 0.05) is 5.41 Å². The largest absolute Gasteiger partial charge is 0.393 e. The van der Waals surface area contributed by atoms with E-state index in [4.69, 9.17) is 11.5 Å². The summed E-state index contributed by atoms with van der Waals surface area (Å²) in [6, 6.07) is 0. The number of nitrogens with two attached hydrogens (primary N) is 2. The van der Waals surface area contributed by atoms with Crippen molar-refractivity contribution in [2.45, 2.75) is 112 Å². The fourth-order valence-electron chi connectivity index (χ4n) is 4.23. The lowest BCUT2D eigenvalue weighted by atomic mass is 9.58. The third-order valence-corrected chi connectivity index (χ3v) is 6.22. The maximum Gasteiger partial charge on any atom is 0.0721 e. The molecule has 0 fully saturated rings. The number of rotatable bonds is 13. The Labute approximate surface area is 152 Å². The smallest absolute Gasteiger partial charge is 0.0721 e. The van der Waals surface area contributed by atoms with Crippen molar-refractivity contribution in [1.29, 1.82) is 0 Å². The zero-order chi connectivity index (χ0) is 19.0. The molecule has 3 heteroatoms. The summed E-state index contributed by atoms with van der Waals surface area (Å²) in [5.74, 6) is 1.09. The third kappa shape index (κ3) is 6.31. The molecule has 0 spiro atoms. The molecule has 0 aliphatic carbocycles. The lowest BCUT2D eigenvalue weighted by Gasteiger charge is -2.53. The van der Waals surface area contributed by atoms with Crippen molar-refractivity contribution in [2.75, 3.05) is 0 Å². The molecule has 0 amide bonds. The molecular formula is C21H46N2O. The maximum absolute atomic E-state index is 10.8. The molecule has 5 N–H and O–H groups in total. The zero-order valence-electron chi connectivity index (χ0n) is 17.6. The average molecular weight is 343 g/mol. The fourth-order valence-corrected chi connectivity index (χ4v) is 4.23. The highest BCUT2D eigenvalue weighted by atomic mass is 16.3. The van der Waals surface area contributed by atoms with Crippen LogP contribution in [0.3, 0.4) is 0 Å². The predicted molar refractivity (Wildman–Crippen MR) is 107 cm³/mol. The van der Waals surface area contributed by atoms with E-state index in [1.54, 1.807) is 0 Å². The lowest BCUT2D eigenvalue weighted by molar-refractivity contribution is -0.0346. The fraction of sp³-hybridized carbons (Fsp3) is 1.00. The topological polar surface area (TPSA) is 72.3 Å². The van der Waals surface area contributed by atoms with Gasteiger partial charge in [-0.05, 0) is 37.0 Å². The van der Waals surface area contributed by atoms with Gasteiger partial charge in [-0.25, -0.2) is 0 Å². The van der Waals surface area contributed by atoms with Gasteiger partial charge < -0.3 is 16.6 Å². The molecule has 3 atom stereocenters. The number of hydrogen-bond donors (Lipinski definition) is 3. The van der Waals surface area contributed by atoms with Crippen molar-refractivity contribution in [1.82, 2.24) is 0 Å². The van der Waals surface area contributed by atoms with Crippen LogP contribution in [0, 0.1) is 23.2 Å². The summed E-state index contributed by atoms with van der Waals surface area (Å²) >= 11 is 0.